The van der Waals surface area contributed by atoms with E-state index in [4.69, 9.17) is 27.9 Å². The Hall–Kier alpha value is -2.24. The molecule has 0 bridgehead atoms. The van der Waals surface area contributed by atoms with Crippen molar-refractivity contribution in [3.63, 3.8) is 0 Å². The van der Waals surface area contributed by atoms with Crippen molar-refractivity contribution in [1.29, 1.82) is 0 Å². The second kappa shape index (κ2) is 10.5. The molecule has 2 aromatic rings. The van der Waals surface area contributed by atoms with Gasteiger partial charge >= 0.3 is 0 Å². The predicted molar refractivity (Wildman–Crippen MR) is 116 cm³/mol. The number of rotatable bonds is 8. The first-order chi connectivity index (χ1) is 13.7. The molecule has 0 aromatic heterocycles. The number of benzene rings is 2. The highest BCUT2D eigenvalue weighted by molar-refractivity contribution is 6.35. The smallest absolute Gasteiger partial charge is 0.242 e. The van der Waals surface area contributed by atoms with E-state index in [-0.39, 0.29) is 30.8 Å². The maximum atomic E-state index is 13.2. The van der Waals surface area contributed by atoms with Crippen LogP contribution in [0.3, 0.4) is 0 Å². The summed E-state index contributed by atoms with van der Waals surface area (Å²) in [5.41, 5.74) is 1.53. The second-order valence-corrected chi connectivity index (χ2v) is 7.97. The maximum absolute atomic E-state index is 13.2. The highest BCUT2D eigenvalue weighted by Gasteiger charge is 2.27. The molecular formula is C22H26Cl2N2O3. The van der Waals surface area contributed by atoms with Crippen LogP contribution in [0.15, 0.2) is 42.5 Å². The summed E-state index contributed by atoms with van der Waals surface area (Å²) in [6.07, 6.45) is 0.0687. The van der Waals surface area contributed by atoms with E-state index in [1.165, 1.54) is 0 Å². The predicted octanol–water partition coefficient (Wildman–Crippen LogP) is 4.49. The van der Waals surface area contributed by atoms with Crippen LogP contribution in [0.2, 0.25) is 10.0 Å². The van der Waals surface area contributed by atoms with Crippen LogP contribution in [-0.2, 0) is 22.6 Å². The lowest BCUT2D eigenvalue weighted by molar-refractivity contribution is -0.140. The highest BCUT2D eigenvalue weighted by atomic mass is 35.5. The molecule has 0 spiro atoms. The Morgan fingerprint density at radius 2 is 1.83 bits per heavy atom. The van der Waals surface area contributed by atoms with E-state index in [0.717, 1.165) is 5.56 Å². The fourth-order valence-corrected chi connectivity index (χ4v) is 3.36. The summed E-state index contributed by atoms with van der Waals surface area (Å²) in [5.74, 6) is 0.275. The van der Waals surface area contributed by atoms with Gasteiger partial charge in [0.05, 0.1) is 13.5 Å². The molecule has 7 heteroatoms. The Balaban J connectivity index is 2.28. The summed E-state index contributed by atoms with van der Waals surface area (Å²) in [5, 5.41) is 3.79. The Morgan fingerprint density at radius 3 is 2.45 bits per heavy atom. The van der Waals surface area contributed by atoms with Gasteiger partial charge in [0, 0.05) is 22.6 Å². The number of methoxy groups -OCH3 is 1. The fraction of sp³-hybridized carbons (Fsp3) is 0.364. The van der Waals surface area contributed by atoms with Crippen LogP contribution in [-0.4, -0.2) is 35.9 Å². The van der Waals surface area contributed by atoms with E-state index in [0.29, 0.717) is 21.4 Å². The van der Waals surface area contributed by atoms with Crippen molar-refractivity contribution in [1.82, 2.24) is 10.2 Å². The minimum absolute atomic E-state index is 0.0237. The van der Waals surface area contributed by atoms with Crippen molar-refractivity contribution < 1.29 is 14.3 Å². The molecule has 2 amide bonds. The molecule has 0 aliphatic heterocycles. The van der Waals surface area contributed by atoms with Crippen LogP contribution in [0.5, 0.6) is 5.75 Å². The van der Waals surface area contributed by atoms with E-state index >= 15 is 0 Å². The van der Waals surface area contributed by atoms with E-state index < -0.39 is 6.04 Å². The largest absolute Gasteiger partial charge is 0.497 e. The number of carbonyl (C=O) groups is 2. The monoisotopic (exact) mass is 436 g/mol. The molecule has 29 heavy (non-hydrogen) atoms. The molecule has 0 saturated heterocycles. The van der Waals surface area contributed by atoms with Crippen molar-refractivity contribution in [3.8, 4) is 5.75 Å². The molecule has 0 aliphatic carbocycles. The maximum Gasteiger partial charge on any atom is 0.242 e. The zero-order valence-electron chi connectivity index (χ0n) is 17.0. The van der Waals surface area contributed by atoms with Gasteiger partial charge in [-0.15, -0.1) is 0 Å². The van der Waals surface area contributed by atoms with E-state index in [1.54, 1.807) is 37.1 Å². The van der Waals surface area contributed by atoms with Crippen LogP contribution in [0.4, 0.5) is 0 Å². The summed E-state index contributed by atoms with van der Waals surface area (Å²) in [6, 6.07) is 11.8. The summed E-state index contributed by atoms with van der Waals surface area (Å²) < 4.78 is 5.27. The van der Waals surface area contributed by atoms with Gasteiger partial charge in [0.2, 0.25) is 11.8 Å². The van der Waals surface area contributed by atoms with Crippen molar-refractivity contribution in [3.05, 3.63) is 63.6 Å². The van der Waals surface area contributed by atoms with Crippen LogP contribution in [0.25, 0.3) is 0 Å². The SMILES string of the molecule is COc1cccc(CN(C(=O)Cc2ccc(Cl)cc2Cl)[C@@H](C)C(=O)NC(C)C)c1. The molecule has 1 atom stereocenters. The summed E-state index contributed by atoms with van der Waals surface area (Å²) in [7, 11) is 1.59. The van der Waals surface area contributed by atoms with Crippen molar-refractivity contribution >= 4 is 35.0 Å². The quantitative estimate of drug-likeness (QED) is 0.662. The third-order valence-electron chi connectivity index (χ3n) is 4.44. The number of carbonyl (C=O) groups excluding carboxylic acids is 2. The summed E-state index contributed by atoms with van der Waals surface area (Å²) in [6.45, 7) is 5.76. The zero-order valence-corrected chi connectivity index (χ0v) is 18.6. The van der Waals surface area contributed by atoms with Crippen LogP contribution < -0.4 is 10.1 Å². The lowest BCUT2D eigenvalue weighted by atomic mass is 10.1. The lowest BCUT2D eigenvalue weighted by Gasteiger charge is -2.29. The van der Waals surface area contributed by atoms with Crippen molar-refractivity contribution in [2.24, 2.45) is 0 Å². The van der Waals surface area contributed by atoms with Crippen LogP contribution >= 0.6 is 23.2 Å². The first kappa shape index (κ1) is 23.0. The first-order valence-corrected chi connectivity index (χ1v) is 10.1. The van der Waals surface area contributed by atoms with Gasteiger partial charge in [0.1, 0.15) is 11.8 Å². The number of hydrogen-bond acceptors (Lipinski definition) is 3. The Kier molecular flexibility index (Phi) is 8.35. The fourth-order valence-electron chi connectivity index (χ4n) is 2.88. The molecule has 2 aromatic carbocycles. The zero-order chi connectivity index (χ0) is 21.6. The summed E-state index contributed by atoms with van der Waals surface area (Å²) in [4.78, 5) is 27.3. The molecular weight excluding hydrogens is 411 g/mol. The van der Waals surface area contributed by atoms with Gasteiger partial charge in [0.15, 0.2) is 0 Å². The van der Waals surface area contributed by atoms with Crippen LogP contribution in [0, 0.1) is 0 Å². The van der Waals surface area contributed by atoms with Gasteiger partial charge in [-0.1, -0.05) is 41.4 Å². The van der Waals surface area contributed by atoms with Gasteiger partial charge in [-0.2, -0.15) is 0 Å². The average Bonchev–Trinajstić information content (AvgIpc) is 2.67. The third kappa shape index (κ3) is 6.65. The highest BCUT2D eigenvalue weighted by Crippen LogP contribution is 2.23. The number of ether oxygens (including phenoxy) is 1. The normalized spacial score (nSPS) is 11.8. The van der Waals surface area contributed by atoms with E-state index in [2.05, 4.69) is 5.32 Å². The standard InChI is InChI=1S/C22H26Cl2N2O3/c1-14(2)25-22(28)15(3)26(13-16-6-5-7-19(10-16)29-4)21(27)11-17-8-9-18(23)12-20(17)24/h5-10,12,14-15H,11,13H2,1-4H3,(H,25,28)/t15-/m0/s1. The van der Waals surface area contributed by atoms with Gasteiger partial charge in [-0.25, -0.2) is 0 Å². The van der Waals surface area contributed by atoms with E-state index in [1.807, 2.05) is 38.1 Å². The lowest BCUT2D eigenvalue weighted by Crippen LogP contribution is -2.49. The summed E-state index contributed by atoms with van der Waals surface area (Å²) >= 11 is 12.2. The molecule has 0 heterocycles. The number of hydrogen-bond donors (Lipinski definition) is 1. The van der Waals surface area contributed by atoms with Crippen LogP contribution in [0.1, 0.15) is 31.9 Å². The molecule has 0 aliphatic rings. The minimum atomic E-state index is -0.651. The van der Waals surface area contributed by atoms with Gasteiger partial charge in [-0.05, 0) is 56.2 Å². The first-order valence-electron chi connectivity index (χ1n) is 9.38. The molecule has 1 N–H and O–H groups in total. The second-order valence-electron chi connectivity index (χ2n) is 7.12. The molecule has 0 radical (unpaired) electrons. The molecule has 5 nitrogen and oxygen atoms in total. The Bertz CT molecular complexity index is 871. The minimum Gasteiger partial charge on any atom is -0.497 e. The molecule has 0 fully saturated rings. The molecule has 156 valence electrons. The molecule has 0 unspecified atom stereocenters. The topological polar surface area (TPSA) is 58.6 Å². The number of amides is 2. The number of halogens is 2. The van der Waals surface area contributed by atoms with Gasteiger partial charge in [0.25, 0.3) is 0 Å². The average molecular weight is 437 g/mol. The van der Waals surface area contributed by atoms with Crippen molar-refractivity contribution in [2.75, 3.05) is 7.11 Å². The Morgan fingerprint density at radius 1 is 1.10 bits per heavy atom. The molecule has 2 rings (SSSR count). The van der Waals surface area contributed by atoms with Gasteiger partial charge in [-0.3, -0.25) is 9.59 Å². The number of nitrogens with zero attached hydrogens (tertiary/aromatic N) is 1. The van der Waals surface area contributed by atoms with Gasteiger partial charge < -0.3 is 15.0 Å². The molecule has 0 saturated carbocycles. The van der Waals surface area contributed by atoms with E-state index in [9.17, 15) is 9.59 Å². The van der Waals surface area contributed by atoms with Crippen molar-refractivity contribution in [2.45, 2.75) is 45.8 Å². The third-order valence-corrected chi connectivity index (χ3v) is 5.03. The number of nitrogens with one attached hydrogen (secondary N) is 1. The Labute approximate surface area is 181 Å².